The van der Waals surface area contributed by atoms with Gasteiger partial charge in [-0.25, -0.2) is 0 Å². The summed E-state index contributed by atoms with van der Waals surface area (Å²) in [5.41, 5.74) is -1.41. The van der Waals surface area contributed by atoms with Crippen molar-refractivity contribution in [1.29, 1.82) is 0 Å². The third-order valence-corrected chi connectivity index (χ3v) is 3.21. The van der Waals surface area contributed by atoms with Crippen molar-refractivity contribution in [2.75, 3.05) is 11.4 Å². The van der Waals surface area contributed by atoms with E-state index in [0.29, 0.717) is 0 Å². The summed E-state index contributed by atoms with van der Waals surface area (Å²) in [6.45, 7) is 1.03. The number of alkyl halides is 3. The van der Waals surface area contributed by atoms with Crippen LogP contribution in [0.25, 0.3) is 0 Å². The molecule has 1 aliphatic heterocycles. The number of amides is 2. The monoisotopic (exact) mass is 306 g/mol. The third kappa shape index (κ3) is 2.58. The first-order valence-corrected chi connectivity index (χ1v) is 6.06. The second kappa shape index (κ2) is 4.97. The van der Waals surface area contributed by atoms with E-state index in [1.807, 2.05) is 0 Å². The Morgan fingerprint density at radius 1 is 1.35 bits per heavy atom. The van der Waals surface area contributed by atoms with Crippen molar-refractivity contribution >= 4 is 29.1 Å². The first kappa shape index (κ1) is 14.6. The fourth-order valence-electron chi connectivity index (χ4n) is 2.02. The van der Waals surface area contributed by atoms with Crippen LogP contribution in [-0.2, 0) is 15.8 Å². The summed E-state index contributed by atoms with van der Waals surface area (Å²) in [6, 6.07) is 2.07. The molecule has 1 saturated heterocycles. The van der Waals surface area contributed by atoms with Gasteiger partial charge in [0, 0.05) is 5.02 Å². The van der Waals surface area contributed by atoms with Crippen LogP contribution in [0.3, 0.4) is 0 Å². The van der Waals surface area contributed by atoms with Crippen LogP contribution in [0.2, 0.25) is 5.02 Å². The average molecular weight is 307 g/mol. The molecule has 1 aliphatic rings. The molecule has 0 saturated carbocycles. The smallest absolute Gasteiger partial charge is 0.345 e. The highest BCUT2D eigenvalue weighted by atomic mass is 35.5. The summed E-state index contributed by atoms with van der Waals surface area (Å²) in [7, 11) is 0. The fraction of sp³-hybridized carbons (Fsp3) is 0.333. The Morgan fingerprint density at radius 2 is 2.00 bits per heavy atom. The minimum Gasteiger partial charge on any atom is -0.345 e. The molecule has 1 aromatic rings. The molecule has 0 aromatic heterocycles. The van der Waals surface area contributed by atoms with E-state index in [1.54, 1.807) is 0 Å². The number of halogens is 4. The van der Waals surface area contributed by atoms with Crippen molar-refractivity contribution in [3.63, 3.8) is 0 Å². The molecular formula is C12H10ClF3N2O2. The van der Waals surface area contributed by atoms with E-state index in [4.69, 9.17) is 11.6 Å². The van der Waals surface area contributed by atoms with Gasteiger partial charge < -0.3 is 5.32 Å². The highest BCUT2D eigenvalue weighted by Gasteiger charge is 2.40. The molecule has 1 aromatic carbocycles. The standard InChI is InChI=1S/C12H10ClF3N2O2/c1-6-11(20)17-5-10(19)18(6)9-3-2-7(13)4-8(9)12(14,15)16/h2-4,6H,5H2,1H3,(H,17,20). The molecule has 1 heterocycles. The Bertz CT molecular complexity index is 574. The van der Waals surface area contributed by atoms with E-state index in [2.05, 4.69) is 5.32 Å². The van der Waals surface area contributed by atoms with Gasteiger partial charge >= 0.3 is 6.18 Å². The lowest BCUT2D eigenvalue weighted by atomic mass is 10.1. The van der Waals surface area contributed by atoms with Crippen LogP contribution in [0.1, 0.15) is 12.5 Å². The SMILES string of the molecule is CC1C(=O)NCC(=O)N1c1ccc(Cl)cc1C(F)(F)F. The average Bonchev–Trinajstić information content (AvgIpc) is 2.35. The Hall–Kier alpha value is -1.76. The van der Waals surface area contributed by atoms with Crippen molar-refractivity contribution in [3.8, 4) is 0 Å². The van der Waals surface area contributed by atoms with Crippen molar-refractivity contribution in [1.82, 2.24) is 5.32 Å². The number of anilines is 1. The van der Waals surface area contributed by atoms with Gasteiger partial charge in [0.1, 0.15) is 6.04 Å². The van der Waals surface area contributed by atoms with Crippen LogP contribution in [0.15, 0.2) is 18.2 Å². The van der Waals surface area contributed by atoms with Crippen molar-refractivity contribution in [2.24, 2.45) is 0 Å². The molecule has 0 radical (unpaired) electrons. The first-order valence-electron chi connectivity index (χ1n) is 5.68. The van der Waals surface area contributed by atoms with E-state index in [9.17, 15) is 22.8 Å². The summed E-state index contributed by atoms with van der Waals surface area (Å²) >= 11 is 5.58. The maximum Gasteiger partial charge on any atom is 0.418 e. The van der Waals surface area contributed by atoms with Crippen LogP contribution < -0.4 is 10.2 Å². The fourth-order valence-corrected chi connectivity index (χ4v) is 2.19. The van der Waals surface area contributed by atoms with Gasteiger partial charge in [0.15, 0.2) is 0 Å². The first-order chi connectivity index (χ1) is 9.21. The Morgan fingerprint density at radius 3 is 2.60 bits per heavy atom. The maximum absolute atomic E-state index is 13.0. The normalized spacial score (nSPS) is 20.1. The minimum absolute atomic E-state index is 0.0948. The van der Waals surface area contributed by atoms with E-state index in [0.717, 1.165) is 17.0 Å². The summed E-state index contributed by atoms with van der Waals surface area (Å²) in [5, 5.41) is 2.22. The van der Waals surface area contributed by atoms with Gasteiger partial charge in [0.05, 0.1) is 17.8 Å². The lowest BCUT2D eigenvalue weighted by Gasteiger charge is -2.34. The van der Waals surface area contributed by atoms with Crippen LogP contribution in [0.4, 0.5) is 18.9 Å². The maximum atomic E-state index is 13.0. The molecule has 20 heavy (non-hydrogen) atoms. The highest BCUT2D eigenvalue weighted by Crippen LogP contribution is 2.39. The zero-order valence-corrected chi connectivity index (χ0v) is 11.0. The molecule has 0 bridgehead atoms. The number of hydrogen-bond donors (Lipinski definition) is 1. The van der Waals surface area contributed by atoms with Crippen molar-refractivity contribution < 1.29 is 22.8 Å². The second-order valence-corrected chi connectivity index (χ2v) is 4.75. The predicted molar refractivity (Wildman–Crippen MR) is 66.4 cm³/mol. The van der Waals surface area contributed by atoms with Gasteiger partial charge in [-0.05, 0) is 25.1 Å². The Balaban J connectivity index is 2.56. The highest BCUT2D eigenvalue weighted by molar-refractivity contribution is 6.30. The number of benzene rings is 1. The van der Waals surface area contributed by atoms with Crippen LogP contribution in [-0.4, -0.2) is 24.4 Å². The summed E-state index contributed by atoms with van der Waals surface area (Å²) in [6.07, 6.45) is -4.67. The third-order valence-electron chi connectivity index (χ3n) is 2.97. The van der Waals surface area contributed by atoms with Crippen LogP contribution in [0, 0.1) is 0 Å². The Labute approximate surface area is 117 Å². The molecule has 1 atom stereocenters. The minimum atomic E-state index is -4.67. The largest absolute Gasteiger partial charge is 0.418 e. The van der Waals surface area contributed by atoms with Gasteiger partial charge in [0.25, 0.3) is 0 Å². The number of nitrogens with zero attached hydrogens (tertiary/aromatic N) is 1. The predicted octanol–water partition coefficient (Wildman–Crippen LogP) is 2.21. The summed E-state index contributed by atoms with van der Waals surface area (Å²) in [4.78, 5) is 24.2. The number of piperazine rings is 1. The van der Waals surface area contributed by atoms with Gasteiger partial charge in [0.2, 0.25) is 11.8 Å². The van der Waals surface area contributed by atoms with Gasteiger partial charge in [-0.2, -0.15) is 13.2 Å². The number of carbonyl (C=O) groups excluding carboxylic acids is 2. The van der Waals surface area contributed by atoms with Crippen LogP contribution in [0.5, 0.6) is 0 Å². The van der Waals surface area contributed by atoms with E-state index in [-0.39, 0.29) is 17.3 Å². The number of hydrogen-bond acceptors (Lipinski definition) is 2. The zero-order chi connectivity index (χ0) is 15.1. The molecule has 2 rings (SSSR count). The molecule has 4 nitrogen and oxygen atoms in total. The van der Waals surface area contributed by atoms with Crippen molar-refractivity contribution in [3.05, 3.63) is 28.8 Å². The molecule has 2 amide bonds. The number of rotatable bonds is 1. The molecular weight excluding hydrogens is 297 g/mol. The zero-order valence-electron chi connectivity index (χ0n) is 10.3. The molecule has 1 unspecified atom stereocenters. The molecule has 108 valence electrons. The topological polar surface area (TPSA) is 49.4 Å². The molecule has 1 N–H and O–H groups in total. The van der Waals surface area contributed by atoms with E-state index >= 15 is 0 Å². The van der Waals surface area contributed by atoms with Gasteiger partial charge in [-0.3, -0.25) is 14.5 Å². The van der Waals surface area contributed by atoms with Crippen molar-refractivity contribution in [2.45, 2.75) is 19.1 Å². The van der Waals surface area contributed by atoms with Crippen LogP contribution >= 0.6 is 11.6 Å². The van der Waals surface area contributed by atoms with Gasteiger partial charge in [-0.15, -0.1) is 0 Å². The Kier molecular flexibility index (Phi) is 3.64. The summed E-state index contributed by atoms with van der Waals surface area (Å²) in [5.74, 6) is -1.11. The summed E-state index contributed by atoms with van der Waals surface area (Å²) < 4.78 is 39.1. The lowest BCUT2D eigenvalue weighted by Crippen LogP contribution is -2.57. The quantitative estimate of drug-likeness (QED) is 0.865. The molecule has 8 heteroatoms. The van der Waals surface area contributed by atoms with E-state index in [1.165, 1.54) is 13.0 Å². The molecule has 1 fully saturated rings. The molecule has 0 spiro atoms. The number of nitrogens with one attached hydrogen (secondary N) is 1. The lowest BCUT2D eigenvalue weighted by molar-refractivity contribution is -0.138. The van der Waals surface area contributed by atoms with E-state index < -0.39 is 29.6 Å². The number of carbonyl (C=O) groups is 2. The molecule has 0 aliphatic carbocycles. The second-order valence-electron chi connectivity index (χ2n) is 4.32. The van der Waals surface area contributed by atoms with Gasteiger partial charge in [-0.1, -0.05) is 11.6 Å².